The third kappa shape index (κ3) is 3.17. The molecule has 1 aromatic carbocycles. The van der Waals surface area contributed by atoms with E-state index in [1.54, 1.807) is 23.6 Å². The number of Topliss-reactive ketones (excluding diaryl/α,β-unsaturated/α-hetero) is 1. The molecular weight excluding hydrogens is 304 g/mol. The van der Waals surface area contributed by atoms with Gasteiger partial charge in [0.1, 0.15) is 11.3 Å². The van der Waals surface area contributed by atoms with Crippen LogP contribution in [0.1, 0.15) is 34.2 Å². The van der Waals surface area contributed by atoms with Gasteiger partial charge in [0, 0.05) is 23.5 Å². The van der Waals surface area contributed by atoms with E-state index in [4.69, 9.17) is 0 Å². The van der Waals surface area contributed by atoms with Crippen LogP contribution in [0.15, 0.2) is 36.5 Å². The molecule has 0 aliphatic rings. The van der Waals surface area contributed by atoms with Gasteiger partial charge < -0.3 is 5.32 Å². The zero-order chi connectivity index (χ0) is 17.3. The Kier molecular flexibility index (Phi) is 4.12. The first-order valence-electron chi connectivity index (χ1n) is 7.66. The number of benzene rings is 1. The van der Waals surface area contributed by atoms with Gasteiger partial charge in [0.25, 0.3) is 5.91 Å². The SMILES string of the molecule is CC(=O)Cc1ccc(NC(=O)c2cnn3c(C)cc(C)nc23)cc1. The second-order valence-electron chi connectivity index (χ2n) is 5.86. The summed E-state index contributed by atoms with van der Waals surface area (Å²) in [6.45, 7) is 5.36. The summed E-state index contributed by atoms with van der Waals surface area (Å²) in [6.07, 6.45) is 1.92. The van der Waals surface area contributed by atoms with Crippen molar-refractivity contribution >= 4 is 23.0 Å². The molecule has 3 rings (SSSR count). The van der Waals surface area contributed by atoms with Crippen LogP contribution in [0.2, 0.25) is 0 Å². The molecule has 3 aromatic rings. The van der Waals surface area contributed by atoms with Crippen LogP contribution in [-0.4, -0.2) is 26.3 Å². The van der Waals surface area contributed by atoms with E-state index < -0.39 is 0 Å². The van der Waals surface area contributed by atoms with E-state index in [9.17, 15) is 9.59 Å². The first kappa shape index (κ1) is 15.9. The molecule has 0 aliphatic carbocycles. The Balaban J connectivity index is 1.84. The number of carbonyl (C=O) groups is 2. The van der Waals surface area contributed by atoms with Crippen LogP contribution < -0.4 is 5.32 Å². The van der Waals surface area contributed by atoms with Crippen molar-refractivity contribution in [3.8, 4) is 0 Å². The van der Waals surface area contributed by atoms with Crippen molar-refractivity contribution in [2.45, 2.75) is 27.2 Å². The van der Waals surface area contributed by atoms with Crippen molar-refractivity contribution < 1.29 is 9.59 Å². The molecule has 0 saturated carbocycles. The van der Waals surface area contributed by atoms with Crippen LogP contribution >= 0.6 is 0 Å². The fraction of sp³-hybridized carbons (Fsp3) is 0.222. The Bertz CT molecular complexity index is 926. The number of hydrogen-bond donors (Lipinski definition) is 1. The Morgan fingerprint density at radius 1 is 1.17 bits per heavy atom. The Morgan fingerprint density at radius 3 is 2.54 bits per heavy atom. The molecule has 2 heterocycles. The van der Waals surface area contributed by atoms with E-state index in [2.05, 4.69) is 15.4 Å². The van der Waals surface area contributed by atoms with Crippen LogP contribution in [0, 0.1) is 13.8 Å². The fourth-order valence-electron chi connectivity index (χ4n) is 2.62. The second kappa shape index (κ2) is 6.23. The summed E-state index contributed by atoms with van der Waals surface area (Å²) < 4.78 is 1.65. The summed E-state index contributed by atoms with van der Waals surface area (Å²) in [5.41, 5.74) is 4.31. The van der Waals surface area contributed by atoms with Crippen molar-refractivity contribution in [2.75, 3.05) is 5.32 Å². The monoisotopic (exact) mass is 322 g/mol. The van der Waals surface area contributed by atoms with Crippen LogP contribution in [0.25, 0.3) is 5.65 Å². The molecule has 2 aromatic heterocycles. The van der Waals surface area contributed by atoms with Gasteiger partial charge >= 0.3 is 0 Å². The van der Waals surface area contributed by atoms with Crippen LogP contribution in [0.3, 0.4) is 0 Å². The normalized spacial score (nSPS) is 10.8. The number of hydrogen-bond acceptors (Lipinski definition) is 4. The smallest absolute Gasteiger partial charge is 0.261 e. The van der Waals surface area contributed by atoms with Gasteiger partial charge in [0.05, 0.1) is 6.20 Å². The van der Waals surface area contributed by atoms with Crippen molar-refractivity contribution in [1.82, 2.24) is 14.6 Å². The number of fused-ring (bicyclic) bond motifs is 1. The maximum absolute atomic E-state index is 12.5. The molecule has 0 radical (unpaired) electrons. The highest BCUT2D eigenvalue weighted by atomic mass is 16.1. The molecule has 6 nitrogen and oxygen atoms in total. The van der Waals surface area contributed by atoms with Gasteiger partial charge in [-0.15, -0.1) is 0 Å². The Morgan fingerprint density at radius 2 is 1.88 bits per heavy atom. The molecule has 0 bridgehead atoms. The number of anilines is 1. The number of amides is 1. The number of nitrogens with zero attached hydrogens (tertiary/aromatic N) is 3. The molecule has 0 atom stereocenters. The van der Waals surface area contributed by atoms with Gasteiger partial charge in [-0.1, -0.05) is 12.1 Å². The Hall–Kier alpha value is -3.02. The summed E-state index contributed by atoms with van der Waals surface area (Å²) in [6, 6.07) is 9.15. The number of aromatic nitrogens is 3. The van der Waals surface area contributed by atoms with Crippen LogP contribution in [0.4, 0.5) is 5.69 Å². The minimum Gasteiger partial charge on any atom is -0.322 e. The first-order valence-corrected chi connectivity index (χ1v) is 7.66. The number of aryl methyl sites for hydroxylation is 2. The second-order valence-corrected chi connectivity index (χ2v) is 5.86. The average molecular weight is 322 g/mol. The lowest BCUT2D eigenvalue weighted by atomic mass is 10.1. The number of ketones is 1. The predicted octanol–water partition coefficient (Wildman–Crippen LogP) is 2.73. The van der Waals surface area contributed by atoms with E-state index in [0.29, 0.717) is 23.3 Å². The maximum Gasteiger partial charge on any atom is 0.261 e. The minimum atomic E-state index is -0.262. The van der Waals surface area contributed by atoms with E-state index >= 15 is 0 Å². The zero-order valence-electron chi connectivity index (χ0n) is 13.8. The van der Waals surface area contributed by atoms with Gasteiger partial charge in [-0.25, -0.2) is 9.50 Å². The van der Waals surface area contributed by atoms with Crippen molar-refractivity contribution in [3.05, 3.63) is 59.0 Å². The number of carbonyl (C=O) groups excluding carboxylic acids is 2. The molecule has 1 amide bonds. The third-order valence-electron chi connectivity index (χ3n) is 3.69. The van der Waals surface area contributed by atoms with Crippen LogP contribution in [0.5, 0.6) is 0 Å². The lowest BCUT2D eigenvalue weighted by molar-refractivity contribution is -0.116. The summed E-state index contributed by atoms with van der Waals surface area (Å²) >= 11 is 0. The average Bonchev–Trinajstić information content (AvgIpc) is 2.93. The molecule has 122 valence electrons. The standard InChI is InChI=1S/C18H18N4O2/c1-11-8-12(2)22-17(20-11)16(10-19-22)18(24)21-15-6-4-14(5-7-15)9-13(3)23/h4-8,10H,9H2,1-3H3,(H,21,24). The summed E-state index contributed by atoms with van der Waals surface area (Å²) in [5.74, 6) is -0.156. The van der Waals surface area contributed by atoms with Gasteiger partial charge in [0.15, 0.2) is 5.65 Å². The van der Waals surface area contributed by atoms with Gasteiger partial charge in [0.2, 0.25) is 0 Å². The lowest BCUT2D eigenvalue weighted by Gasteiger charge is -2.06. The van der Waals surface area contributed by atoms with Crippen molar-refractivity contribution in [1.29, 1.82) is 0 Å². The van der Waals surface area contributed by atoms with Crippen LogP contribution in [-0.2, 0) is 11.2 Å². The molecule has 6 heteroatoms. The predicted molar refractivity (Wildman–Crippen MR) is 91.2 cm³/mol. The molecule has 0 spiro atoms. The zero-order valence-corrected chi connectivity index (χ0v) is 13.8. The molecule has 0 fully saturated rings. The Labute approximate surface area is 139 Å². The molecule has 0 saturated heterocycles. The summed E-state index contributed by atoms with van der Waals surface area (Å²) in [5, 5.41) is 7.06. The highest BCUT2D eigenvalue weighted by molar-refractivity contribution is 6.08. The molecule has 1 N–H and O–H groups in total. The highest BCUT2D eigenvalue weighted by Crippen LogP contribution is 2.15. The van der Waals surface area contributed by atoms with Gasteiger partial charge in [-0.3, -0.25) is 9.59 Å². The largest absolute Gasteiger partial charge is 0.322 e. The van der Waals surface area contributed by atoms with Gasteiger partial charge in [-0.2, -0.15) is 5.10 Å². The molecule has 0 unspecified atom stereocenters. The minimum absolute atomic E-state index is 0.106. The maximum atomic E-state index is 12.5. The summed E-state index contributed by atoms with van der Waals surface area (Å²) in [7, 11) is 0. The van der Waals surface area contributed by atoms with E-state index in [1.807, 2.05) is 32.0 Å². The number of nitrogens with one attached hydrogen (secondary N) is 1. The quantitative estimate of drug-likeness (QED) is 0.801. The molecule has 0 aliphatic heterocycles. The molecule has 24 heavy (non-hydrogen) atoms. The fourth-order valence-corrected chi connectivity index (χ4v) is 2.62. The van der Waals surface area contributed by atoms with Gasteiger partial charge in [-0.05, 0) is 44.5 Å². The van der Waals surface area contributed by atoms with E-state index in [0.717, 1.165) is 17.0 Å². The summed E-state index contributed by atoms with van der Waals surface area (Å²) in [4.78, 5) is 28.0. The topological polar surface area (TPSA) is 76.4 Å². The van der Waals surface area contributed by atoms with Crippen molar-refractivity contribution in [2.24, 2.45) is 0 Å². The first-order chi connectivity index (χ1) is 11.4. The van der Waals surface area contributed by atoms with Crippen molar-refractivity contribution in [3.63, 3.8) is 0 Å². The molecular formula is C18H18N4O2. The lowest BCUT2D eigenvalue weighted by Crippen LogP contribution is -2.12. The van der Waals surface area contributed by atoms with E-state index in [1.165, 1.54) is 6.20 Å². The highest BCUT2D eigenvalue weighted by Gasteiger charge is 2.15. The number of rotatable bonds is 4. The third-order valence-corrected chi connectivity index (χ3v) is 3.69. The van der Waals surface area contributed by atoms with E-state index in [-0.39, 0.29) is 11.7 Å².